The molecular formula is C19H24ClIN4OS. The summed E-state index contributed by atoms with van der Waals surface area (Å²) in [4.78, 5) is 17.9. The molecule has 0 aliphatic carbocycles. The van der Waals surface area contributed by atoms with Gasteiger partial charge in [0.1, 0.15) is 0 Å². The summed E-state index contributed by atoms with van der Waals surface area (Å²) < 4.78 is 0.815. The molecule has 0 spiro atoms. The summed E-state index contributed by atoms with van der Waals surface area (Å²) in [6.45, 7) is 4.19. The number of fused-ring (bicyclic) bond motifs is 1. The zero-order chi connectivity index (χ0) is 18.4. The molecule has 27 heavy (non-hydrogen) atoms. The second-order valence-electron chi connectivity index (χ2n) is 6.14. The van der Waals surface area contributed by atoms with E-state index in [1.807, 2.05) is 31.2 Å². The van der Waals surface area contributed by atoms with Gasteiger partial charge in [0.2, 0.25) is 5.91 Å². The number of rotatable bonds is 6. The number of halogens is 2. The number of para-hydroxylation sites is 1. The summed E-state index contributed by atoms with van der Waals surface area (Å²) in [7, 11) is 0. The molecule has 1 atom stereocenters. The fourth-order valence-corrected chi connectivity index (χ4v) is 4.09. The van der Waals surface area contributed by atoms with Crippen molar-refractivity contribution in [3.63, 3.8) is 0 Å². The van der Waals surface area contributed by atoms with Crippen molar-refractivity contribution < 1.29 is 4.79 Å². The number of guanidine groups is 1. The first kappa shape index (κ1) is 22.0. The van der Waals surface area contributed by atoms with Gasteiger partial charge >= 0.3 is 0 Å². The van der Waals surface area contributed by atoms with Gasteiger partial charge in [0.05, 0.1) is 10.9 Å². The Morgan fingerprint density at radius 2 is 2.11 bits per heavy atom. The first-order valence-corrected chi connectivity index (χ1v) is 10.0. The predicted octanol–water partition coefficient (Wildman–Crippen LogP) is 4.24. The van der Waals surface area contributed by atoms with Crippen LogP contribution in [-0.2, 0) is 11.2 Å². The first-order valence-electron chi connectivity index (χ1n) is 8.81. The van der Waals surface area contributed by atoms with Crippen LogP contribution in [0, 0.1) is 0 Å². The molecular weight excluding hydrogens is 495 g/mol. The van der Waals surface area contributed by atoms with Crippen LogP contribution in [-0.4, -0.2) is 31.5 Å². The van der Waals surface area contributed by atoms with Gasteiger partial charge in [-0.25, -0.2) is 0 Å². The van der Waals surface area contributed by atoms with Crippen LogP contribution in [0.3, 0.4) is 0 Å². The minimum atomic E-state index is 0. The molecule has 0 saturated heterocycles. The summed E-state index contributed by atoms with van der Waals surface area (Å²) in [5, 5.41) is 9.55. The molecule has 2 heterocycles. The van der Waals surface area contributed by atoms with E-state index in [2.05, 4.69) is 28.1 Å². The highest BCUT2D eigenvalue weighted by molar-refractivity contribution is 14.0. The van der Waals surface area contributed by atoms with E-state index in [-0.39, 0.29) is 35.8 Å². The lowest BCUT2D eigenvalue weighted by Gasteiger charge is -2.24. The molecule has 8 heteroatoms. The maximum atomic E-state index is 11.9. The SMILES string of the molecule is CCNC(=NCC1CC(=O)Nc2ccccc21)NCCc1ccc(Cl)s1.I. The summed E-state index contributed by atoms with van der Waals surface area (Å²) in [6.07, 6.45) is 1.37. The maximum absolute atomic E-state index is 11.9. The Kier molecular flexibility index (Phi) is 8.85. The highest BCUT2D eigenvalue weighted by atomic mass is 127. The fraction of sp³-hybridized carbons (Fsp3) is 0.368. The zero-order valence-electron chi connectivity index (χ0n) is 15.1. The monoisotopic (exact) mass is 518 g/mol. The van der Waals surface area contributed by atoms with Gasteiger partial charge in [0.15, 0.2) is 5.96 Å². The lowest BCUT2D eigenvalue weighted by atomic mass is 9.91. The number of carbonyl (C=O) groups excluding carboxylic acids is 1. The number of nitrogens with zero attached hydrogens (tertiary/aromatic N) is 1. The standard InChI is InChI=1S/C19H23ClN4OS.HI/c1-2-21-19(22-10-9-14-7-8-17(20)26-14)23-12-13-11-18(25)24-16-6-4-3-5-15(13)16;/h3-8,13H,2,9-12H2,1H3,(H,24,25)(H2,21,22,23);1H. The molecule has 3 N–H and O–H groups in total. The average molecular weight is 519 g/mol. The molecule has 0 radical (unpaired) electrons. The Bertz CT molecular complexity index is 796. The molecule has 1 aromatic carbocycles. The minimum Gasteiger partial charge on any atom is -0.357 e. The second kappa shape index (κ2) is 10.9. The fourth-order valence-electron chi connectivity index (χ4n) is 3.00. The minimum absolute atomic E-state index is 0. The Morgan fingerprint density at radius 1 is 1.30 bits per heavy atom. The molecule has 1 aromatic heterocycles. The van der Waals surface area contributed by atoms with Crippen molar-refractivity contribution in [1.82, 2.24) is 10.6 Å². The van der Waals surface area contributed by atoms with E-state index < -0.39 is 0 Å². The van der Waals surface area contributed by atoms with Gasteiger partial charge in [0, 0.05) is 36.0 Å². The number of carbonyl (C=O) groups is 1. The van der Waals surface area contributed by atoms with Gasteiger partial charge in [0.25, 0.3) is 0 Å². The third kappa shape index (κ3) is 6.36. The van der Waals surface area contributed by atoms with Gasteiger partial charge in [-0.15, -0.1) is 35.3 Å². The van der Waals surface area contributed by atoms with Crippen LogP contribution in [0.15, 0.2) is 41.4 Å². The highest BCUT2D eigenvalue weighted by Gasteiger charge is 2.24. The Morgan fingerprint density at radius 3 is 2.85 bits per heavy atom. The number of aliphatic imine (C=N–C) groups is 1. The molecule has 1 aliphatic rings. The third-order valence-corrected chi connectivity index (χ3v) is 5.50. The molecule has 1 aliphatic heterocycles. The van der Waals surface area contributed by atoms with E-state index >= 15 is 0 Å². The Balaban J connectivity index is 0.00000261. The lowest BCUT2D eigenvalue weighted by Crippen LogP contribution is -2.38. The van der Waals surface area contributed by atoms with Crippen LogP contribution in [0.5, 0.6) is 0 Å². The van der Waals surface area contributed by atoms with E-state index in [0.29, 0.717) is 13.0 Å². The number of hydrogen-bond donors (Lipinski definition) is 3. The molecule has 0 bridgehead atoms. The van der Waals surface area contributed by atoms with Crippen LogP contribution in [0.2, 0.25) is 4.34 Å². The number of nitrogens with one attached hydrogen (secondary N) is 3. The molecule has 1 amide bonds. The van der Waals surface area contributed by atoms with Gasteiger partial charge in [-0.05, 0) is 37.1 Å². The molecule has 3 rings (SSSR count). The van der Waals surface area contributed by atoms with Gasteiger partial charge < -0.3 is 16.0 Å². The summed E-state index contributed by atoms with van der Waals surface area (Å²) in [6, 6.07) is 11.9. The van der Waals surface area contributed by atoms with Crippen molar-refractivity contribution in [3.05, 3.63) is 51.2 Å². The topological polar surface area (TPSA) is 65.5 Å². The van der Waals surface area contributed by atoms with Crippen molar-refractivity contribution >= 4 is 64.5 Å². The van der Waals surface area contributed by atoms with Crippen LogP contribution < -0.4 is 16.0 Å². The molecule has 0 fully saturated rings. The largest absolute Gasteiger partial charge is 0.357 e. The van der Waals surface area contributed by atoms with E-state index in [9.17, 15) is 4.79 Å². The third-order valence-electron chi connectivity index (χ3n) is 4.21. The van der Waals surface area contributed by atoms with Crippen molar-refractivity contribution in [3.8, 4) is 0 Å². The van der Waals surface area contributed by atoms with Gasteiger partial charge in [-0.2, -0.15) is 0 Å². The lowest BCUT2D eigenvalue weighted by molar-refractivity contribution is -0.116. The van der Waals surface area contributed by atoms with Crippen molar-refractivity contribution in [1.29, 1.82) is 0 Å². The molecule has 2 aromatic rings. The van der Waals surface area contributed by atoms with Crippen LogP contribution in [0.4, 0.5) is 5.69 Å². The number of benzene rings is 1. The smallest absolute Gasteiger partial charge is 0.225 e. The van der Waals surface area contributed by atoms with Crippen molar-refractivity contribution in [2.24, 2.45) is 4.99 Å². The van der Waals surface area contributed by atoms with Crippen molar-refractivity contribution in [2.75, 3.05) is 25.0 Å². The number of amides is 1. The normalized spacial score (nSPS) is 16.1. The van der Waals surface area contributed by atoms with Crippen LogP contribution in [0.25, 0.3) is 0 Å². The van der Waals surface area contributed by atoms with Crippen molar-refractivity contribution in [2.45, 2.75) is 25.7 Å². The molecule has 0 saturated carbocycles. The highest BCUT2D eigenvalue weighted by Crippen LogP contribution is 2.31. The first-order chi connectivity index (χ1) is 12.7. The summed E-state index contributed by atoms with van der Waals surface area (Å²) in [5.74, 6) is 0.932. The predicted molar refractivity (Wildman–Crippen MR) is 125 cm³/mol. The zero-order valence-corrected chi connectivity index (χ0v) is 19.0. The maximum Gasteiger partial charge on any atom is 0.225 e. The average Bonchev–Trinajstić information content (AvgIpc) is 3.04. The number of hydrogen-bond acceptors (Lipinski definition) is 3. The van der Waals surface area contributed by atoms with E-state index in [1.54, 1.807) is 11.3 Å². The van der Waals surface area contributed by atoms with Crippen LogP contribution in [0.1, 0.15) is 29.7 Å². The molecule has 146 valence electrons. The number of thiophene rings is 1. The summed E-state index contributed by atoms with van der Waals surface area (Å²) in [5.41, 5.74) is 2.05. The Labute approximate surface area is 186 Å². The van der Waals surface area contributed by atoms with E-state index in [0.717, 1.165) is 41.1 Å². The van der Waals surface area contributed by atoms with Crippen LogP contribution >= 0.6 is 46.9 Å². The second-order valence-corrected chi connectivity index (χ2v) is 7.94. The summed E-state index contributed by atoms with van der Waals surface area (Å²) >= 11 is 7.57. The van der Waals surface area contributed by atoms with Gasteiger partial charge in [-0.1, -0.05) is 29.8 Å². The quantitative estimate of drug-likeness (QED) is 0.304. The molecule has 1 unspecified atom stereocenters. The molecule has 5 nitrogen and oxygen atoms in total. The van der Waals surface area contributed by atoms with E-state index in [1.165, 1.54) is 4.88 Å². The Hall–Kier alpha value is -1.32. The van der Waals surface area contributed by atoms with E-state index in [4.69, 9.17) is 16.6 Å². The van der Waals surface area contributed by atoms with Gasteiger partial charge in [-0.3, -0.25) is 9.79 Å². The number of anilines is 1.